The van der Waals surface area contributed by atoms with Gasteiger partial charge in [0.15, 0.2) is 0 Å². The largest absolute Gasteiger partial charge is 0.463 e. The van der Waals surface area contributed by atoms with Crippen LogP contribution in [0.3, 0.4) is 0 Å². The highest BCUT2D eigenvalue weighted by atomic mass is 16.5. The highest BCUT2D eigenvalue weighted by molar-refractivity contribution is 5.81. The van der Waals surface area contributed by atoms with Gasteiger partial charge in [0.1, 0.15) is 0 Å². The maximum Gasteiger partial charge on any atom is 0.330 e. The molecule has 3 nitrogen and oxygen atoms in total. The third-order valence-corrected chi connectivity index (χ3v) is 3.19. The number of rotatable bonds is 5. The van der Waals surface area contributed by atoms with Gasteiger partial charge in [0.25, 0.3) is 0 Å². The molecule has 1 rings (SSSR count). The summed E-state index contributed by atoms with van der Waals surface area (Å²) in [5.74, 6) is 0.677. The summed E-state index contributed by atoms with van der Waals surface area (Å²) in [7, 11) is 0. The summed E-state index contributed by atoms with van der Waals surface area (Å²) in [4.78, 5) is 13.4. The summed E-state index contributed by atoms with van der Waals surface area (Å²) in [6.07, 6.45) is 7.33. The van der Waals surface area contributed by atoms with Crippen molar-refractivity contribution in [3.05, 3.63) is 12.2 Å². The molecule has 0 bridgehead atoms. The lowest BCUT2D eigenvalue weighted by Crippen LogP contribution is -2.33. The lowest BCUT2D eigenvalue weighted by Gasteiger charge is -2.30. The van der Waals surface area contributed by atoms with Gasteiger partial charge in [0, 0.05) is 12.6 Å². The Labute approximate surface area is 98.5 Å². The molecule has 0 amide bonds. The quantitative estimate of drug-likeness (QED) is 0.531. The molecule has 0 spiro atoms. The molecule has 1 saturated heterocycles. The van der Waals surface area contributed by atoms with Crippen LogP contribution >= 0.6 is 0 Å². The first-order valence-corrected chi connectivity index (χ1v) is 6.31. The summed E-state index contributed by atoms with van der Waals surface area (Å²) in [6.45, 7) is 7.72. The maximum absolute atomic E-state index is 11.1. The molecule has 0 saturated carbocycles. The molecule has 0 aliphatic carbocycles. The van der Waals surface area contributed by atoms with Gasteiger partial charge in [-0.05, 0) is 38.8 Å². The standard InChI is InChI=1S/C13H23NO2/c1-3-12-7-10-14(11-8-12)9-5-6-13(15)16-4-2/h5-6,12H,3-4,7-11H2,1-2H3. The van der Waals surface area contributed by atoms with E-state index in [1.807, 2.05) is 13.0 Å². The number of piperidine rings is 1. The predicted molar refractivity (Wildman–Crippen MR) is 65.2 cm³/mol. The molecular formula is C13H23NO2. The van der Waals surface area contributed by atoms with Gasteiger partial charge in [-0.25, -0.2) is 4.79 Å². The zero-order valence-electron chi connectivity index (χ0n) is 10.4. The predicted octanol–water partition coefficient (Wildman–Crippen LogP) is 2.23. The minimum absolute atomic E-state index is 0.231. The normalized spacial score (nSPS) is 19.1. The van der Waals surface area contributed by atoms with Gasteiger partial charge in [0.2, 0.25) is 0 Å². The SMILES string of the molecule is CCOC(=O)C=CCN1CCC(CC)CC1. The molecule has 92 valence electrons. The summed E-state index contributed by atoms with van der Waals surface area (Å²) in [5, 5.41) is 0. The van der Waals surface area contributed by atoms with Gasteiger partial charge >= 0.3 is 5.97 Å². The van der Waals surface area contributed by atoms with Crippen molar-refractivity contribution >= 4 is 5.97 Å². The van der Waals surface area contributed by atoms with Crippen LogP contribution < -0.4 is 0 Å². The Hall–Kier alpha value is -0.830. The summed E-state index contributed by atoms with van der Waals surface area (Å²) in [6, 6.07) is 0. The maximum atomic E-state index is 11.1. The Morgan fingerprint density at radius 1 is 1.38 bits per heavy atom. The fourth-order valence-corrected chi connectivity index (χ4v) is 2.07. The zero-order chi connectivity index (χ0) is 11.8. The summed E-state index contributed by atoms with van der Waals surface area (Å²) < 4.78 is 4.82. The van der Waals surface area contributed by atoms with E-state index >= 15 is 0 Å². The summed E-state index contributed by atoms with van der Waals surface area (Å²) >= 11 is 0. The minimum atomic E-state index is -0.231. The molecule has 0 unspecified atom stereocenters. The molecule has 0 atom stereocenters. The van der Waals surface area contributed by atoms with Crippen molar-refractivity contribution < 1.29 is 9.53 Å². The number of likely N-dealkylation sites (tertiary alicyclic amines) is 1. The molecular weight excluding hydrogens is 202 g/mol. The molecule has 0 aromatic heterocycles. The van der Waals surface area contributed by atoms with Crippen LogP contribution in [0.25, 0.3) is 0 Å². The van der Waals surface area contributed by atoms with E-state index < -0.39 is 0 Å². The number of esters is 1. The van der Waals surface area contributed by atoms with Gasteiger partial charge in [-0.1, -0.05) is 19.4 Å². The molecule has 3 heteroatoms. The van der Waals surface area contributed by atoms with Crippen LogP contribution in [0.5, 0.6) is 0 Å². The molecule has 0 aromatic carbocycles. The Kier molecular flexibility index (Phi) is 6.16. The van der Waals surface area contributed by atoms with Crippen LogP contribution in [-0.2, 0) is 9.53 Å². The Balaban J connectivity index is 2.17. The fraction of sp³-hybridized carbons (Fsp3) is 0.769. The van der Waals surface area contributed by atoms with Crippen LogP contribution in [0.4, 0.5) is 0 Å². The highest BCUT2D eigenvalue weighted by Gasteiger charge is 2.16. The van der Waals surface area contributed by atoms with Crippen molar-refractivity contribution in [3.8, 4) is 0 Å². The first-order chi connectivity index (χ1) is 7.76. The minimum Gasteiger partial charge on any atom is -0.463 e. The van der Waals surface area contributed by atoms with Crippen molar-refractivity contribution in [1.82, 2.24) is 4.90 Å². The van der Waals surface area contributed by atoms with Crippen molar-refractivity contribution in [2.24, 2.45) is 5.92 Å². The third-order valence-electron chi connectivity index (χ3n) is 3.19. The Morgan fingerprint density at radius 2 is 2.06 bits per heavy atom. The molecule has 0 N–H and O–H groups in total. The van der Waals surface area contributed by atoms with E-state index in [4.69, 9.17) is 4.74 Å². The fourth-order valence-electron chi connectivity index (χ4n) is 2.07. The molecule has 1 aliphatic rings. The van der Waals surface area contributed by atoms with Crippen molar-refractivity contribution in [3.63, 3.8) is 0 Å². The van der Waals surface area contributed by atoms with Crippen LogP contribution in [0.1, 0.15) is 33.1 Å². The number of nitrogens with zero attached hydrogens (tertiary/aromatic N) is 1. The van der Waals surface area contributed by atoms with Crippen LogP contribution in [0, 0.1) is 5.92 Å². The van der Waals surface area contributed by atoms with Crippen LogP contribution in [0.2, 0.25) is 0 Å². The van der Waals surface area contributed by atoms with E-state index in [-0.39, 0.29) is 5.97 Å². The first-order valence-electron chi connectivity index (χ1n) is 6.31. The van der Waals surface area contributed by atoms with E-state index in [9.17, 15) is 4.79 Å². The van der Waals surface area contributed by atoms with E-state index in [1.165, 1.54) is 25.3 Å². The second-order valence-electron chi connectivity index (χ2n) is 4.31. The van der Waals surface area contributed by atoms with Crippen LogP contribution in [0.15, 0.2) is 12.2 Å². The molecule has 0 radical (unpaired) electrons. The van der Waals surface area contributed by atoms with Gasteiger partial charge < -0.3 is 4.74 Å². The first kappa shape index (κ1) is 13.2. The Bertz CT molecular complexity index is 230. The number of hydrogen-bond donors (Lipinski definition) is 0. The van der Waals surface area contributed by atoms with Crippen molar-refractivity contribution in [1.29, 1.82) is 0 Å². The smallest absolute Gasteiger partial charge is 0.330 e. The molecule has 1 aliphatic heterocycles. The van der Waals surface area contributed by atoms with E-state index in [0.29, 0.717) is 6.61 Å². The van der Waals surface area contributed by atoms with Crippen LogP contribution in [-0.4, -0.2) is 37.1 Å². The number of carbonyl (C=O) groups excluding carboxylic acids is 1. The van der Waals surface area contributed by atoms with E-state index in [2.05, 4.69) is 11.8 Å². The number of carbonyl (C=O) groups is 1. The Morgan fingerprint density at radius 3 is 2.62 bits per heavy atom. The lowest BCUT2D eigenvalue weighted by molar-refractivity contribution is -0.137. The molecule has 0 aromatic rings. The zero-order valence-corrected chi connectivity index (χ0v) is 10.4. The highest BCUT2D eigenvalue weighted by Crippen LogP contribution is 2.19. The number of ether oxygens (including phenoxy) is 1. The average Bonchev–Trinajstić information content (AvgIpc) is 2.30. The van der Waals surface area contributed by atoms with Crippen molar-refractivity contribution in [2.75, 3.05) is 26.2 Å². The lowest BCUT2D eigenvalue weighted by atomic mass is 9.94. The average molecular weight is 225 g/mol. The van der Waals surface area contributed by atoms with E-state index in [0.717, 1.165) is 25.6 Å². The van der Waals surface area contributed by atoms with Gasteiger partial charge in [0.05, 0.1) is 6.61 Å². The molecule has 1 heterocycles. The molecule has 16 heavy (non-hydrogen) atoms. The third kappa shape index (κ3) is 4.79. The summed E-state index contributed by atoms with van der Waals surface area (Å²) in [5.41, 5.74) is 0. The molecule has 1 fully saturated rings. The monoisotopic (exact) mass is 225 g/mol. The van der Waals surface area contributed by atoms with Gasteiger partial charge in [-0.15, -0.1) is 0 Å². The number of hydrogen-bond acceptors (Lipinski definition) is 3. The van der Waals surface area contributed by atoms with Gasteiger partial charge in [-0.3, -0.25) is 4.90 Å². The van der Waals surface area contributed by atoms with Gasteiger partial charge in [-0.2, -0.15) is 0 Å². The van der Waals surface area contributed by atoms with E-state index in [1.54, 1.807) is 0 Å². The van der Waals surface area contributed by atoms with Crippen molar-refractivity contribution in [2.45, 2.75) is 33.1 Å². The second-order valence-corrected chi connectivity index (χ2v) is 4.31. The second kappa shape index (κ2) is 7.44. The topological polar surface area (TPSA) is 29.5 Å².